The lowest BCUT2D eigenvalue weighted by atomic mass is 9.98. The van der Waals surface area contributed by atoms with Crippen molar-refractivity contribution in [2.24, 2.45) is 0 Å². The van der Waals surface area contributed by atoms with Crippen LogP contribution in [0, 0.1) is 0 Å². The maximum Gasteiger partial charge on any atom is 0.331 e. The van der Waals surface area contributed by atoms with E-state index in [1.165, 1.54) is 25.0 Å². The van der Waals surface area contributed by atoms with Crippen LogP contribution in [0.4, 0.5) is 0 Å². The van der Waals surface area contributed by atoms with E-state index in [9.17, 15) is 27.6 Å². The van der Waals surface area contributed by atoms with Crippen LogP contribution in [0.5, 0.6) is 0 Å². The highest BCUT2D eigenvalue weighted by Crippen LogP contribution is 2.21. The molecule has 0 aromatic carbocycles. The number of carboxylic acids is 2. The Kier molecular flexibility index (Phi) is 14.2. The lowest BCUT2D eigenvalue weighted by Crippen LogP contribution is -2.31. The van der Waals surface area contributed by atoms with E-state index in [1.807, 2.05) is 0 Å². The van der Waals surface area contributed by atoms with E-state index in [2.05, 4.69) is 0 Å². The molecule has 2 aliphatic carbocycles. The second-order valence-electron chi connectivity index (χ2n) is 7.67. The number of carbonyl (C=O) groups is 4. The highest BCUT2D eigenvalue weighted by atomic mass is 32.2. The molecule has 1 unspecified atom stereocenters. The monoisotopic (exact) mass is 495 g/mol. The van der Waals surface area contributed by atoms with E-state index < -0.39 is 45.7 Å². The summed E-state index contributed by atoms with van der Waals surface area (Å²) in [6.07, 6.45) is 11.9. The molecule has 0 heterocycles. The van der Waals surface area contributed by atoms with E-state index in [4.69, 9.17) is 24.2 Å². The highest BCUT2D eigenvalue weighted by molar-refractivity contribution is 7.87. The SMILES string of the molecule is N.O=C(/C=C\C(=O)OC1CCCCC1)OC1CCCCC1.O=C(O)CC(C(=O)O)S(=O)(=O)O. The largest absolute Gasteiger partial charge is 0.481 e. The van der Waals surface area contributed by atoms with Crippen LogP contribution in [0.2, 0.25) is 0 Å². The standard InChI is InChI=1S/C16H24O4.C4H6O7S.H3N/c17-15(19-13-7-3-1-4-8-13)11-12-16(18)20-14-9-5-2-6-10-14;5-3(6)1-2(4(7)8)12(9,10)11;/h11-14H,1-10H2;2H,1H2,(H,5,6)(H,7,8)(H,9,10,11);1H3/b12-11-;;. The zero-order valence-electron chi connectivity index (χ0n) is 18.4. The van der Waals surface area contributed by atoms with Gasteiger partial charge in [0.15, 0.2) is 5.25 Å². The summed E-state index contributed by atoms with van der Waals surface area (Å²) in [6, 6.07) is 0. The molecule has 12 nitrogen and oxygen atoms in total. The van der Waals surface area contributed by atoms with Crippen LogP contribution < -0.4 is 6.15 Å². The van der Waals surface area contributed by atoms with E-state index in [1.54, 1.807) is 0 Å². The van der Waals surface area contributed by atoms with Crippen LogP contribution in [0.3, 0.4) is 0 Å². The number of carboxylic acid groups (broad SMARTS) is 2. The van der Waals surface area contributed by atoms with Gasteiger partial charge in [-0.15, -0.1) is 0 Å². The fourth-order valence-corrected chi connectivity index (χ4v) is 4.00. The first kappa shape index (κ1) is 30.5. The molecule has 6 N–H and O–H groups in total. The van der Waals surface area contributed by atoms with Crippen LogP contribution in [-0.4, -0.2) is 64.5 Å². The molecule has 0 radical (unpaired) electrons. The molecule has 2 fully saturated rings. The second-order valence-corrected chi connectivity index (χ2v) is 9.27. The number of aliphatic carboxylic acids is 2. The van der Waals surface area contributed by atoms with Gasteiger partial charge in [0.05, 0.1) is 6.42 Å². The summed E-state index contributed by atoms with van der Waals surface area (Å²) in [7, 11) is -4.84. The first-order chi connectivity index (χ1) is 15.0. The Labute approximate surface area is 192 Å². The number of esters is 2. The first-order valence-corrected chi connectivity index (χ1v) is 12.0. The molecular formula is C20H33NO11S. The van der Waals surface area contributed by atoms with Crippen molar-refractivity contribution in [1.82, 2.24) is 6.15 Å². The van der Waals surface area contributed by atoms with Gasteiger partial charge in [-0.05, 0) is 51.4 Å². The highest BCUT2D eigenvalue weighted by Gasteiger charge is 2.33. The van der Waals surface area contributed by atoms with Crippen LogP contribution >= 0.6 is 0 Å². The number of hydrogen-bond acceptors (Lipinski definition) is 9. The molecule has 0 aromatic heterocycles. The fraction of sp³-hybridized carbons (Fsp3) is 0.700. The number of ether oxygens (including phenoxy) is 2. The van der Waals surface area contributed by atoms with Crippen molar-refractivity contribution < 1.29 is 51.8 Å². The zero-order valence-corrected chi connectivity index (χ0v) is 19.2. The van der Waals surface area contributed by atoms with Crippen LogP contribution in [0.1, 0.15) is 70.6 Å². The summed E-state index contributed by atoms with van der Waals surface area (Å²) in [5.74, 6) is -4.37. The molecule has 2 saturated carbocycles. The van der Waals surface area contributed by atoms with Gasteiger partial charge in [-0.3, -0.25) is 14.1 Å². The van der Waals surface area contributed by atoms with Crippen molar-refractivity contribution in [3.8, 4) is 0 Å². The van der Waals surface area contributed by atoms with E-state index in [0.717, 1.165) is 51.4 Å². The zero-order chi connectivity index (χ0) is 24.1. The molecule has 33 heavy (non-hydrogen) atoms. The van der Waals surface area contributed by atoms with Gasteiger partial charge in [0.2, 0.25) is 0 Å². The van der Waals surface area contributed by atoms with E-state index in [0.29, 0.717) is 0 Å². The molecule has 0 saturated heterocycles. The van der Waals surface area contributed by atoms with Gasteiger partial charge in [-0.25, -0.2) is 9.59 Å². The summed E-state index contributed by atoms with van der Waals surface area (Å²) in [5.41, 5.74) is 0. The molecule has 190 valence electrons. The Hall–Kier alpha value is -2.51. The van der Waals surface area contributed by atoms with Gasteiger partial charge in [-0.1, -0.05) is 12.8 Å². The Bertz CT molecular complexity index is 748. The predicted octanol–water partition coefficient (Wildman–Crippen LogP) is 2.26. The first-order valence-electron chi connectivity index (χ1n) is 10.5. The third kappa shape index (κ3) is 13.6. The van der Waals surface area contributed by atoms with E-state index in [-0.39, 0.29) is 18.4 Å². The topological polar surface area (TPSA) is 217 Å². The summed E-state index contributed by atoms with van der Waals surface area (Å²) < 4.78 is 39.3. The molecule has 0 amide bonds. The summed E-state index contributed by atoms with van der Waals surface area (Å²) >= 11 is 0. The fourth-order valence-electron chi connectivity index (χ4n) is 3.39. The van der Waals surface area contributed by atoms with Crippen molar-refractivity contribution >= 4 is 34.0 Å². The Morgan fingerprint density at radius 3 is 1.39 bits per heavy atom. The van der Waals surface area contributed by atoms with Crippen molar-refractivity contribution in [3.05, 3.63) is 12.2 Å². The number of hydrogen-bond donors (Lipinski definition) is 4. The molecule has 2 aliphatic rings. The van der Waals surface area contributed by atoms with Crippen LogP contribution in [0.25, 0.3) is 0 Å². The van der Waals surface area contributed by atoms with Gasteiger partial charge in [0.25, 0.3) is 10.1 Å². The minimum absolute atomic E-state index is 0. The molecule has 0 aliphatic heterocycles. The lowest BCUT2D eigenvalue weighted by Gasteiger charge is -2.21. The van der Waals surface area contributed by atoms with Gasteiger partial charge in [0, 0.05) is 12.2 Å². The molecular weight excluding hydrogens is 462 g/mol. The maximum atomic E-state index is 11.6. The van der Waals surface area contributed by atoms with Crippen LogP contribution in [0.15, 0.2) is 12.2 Å². The summed E-state index contributed by atoms with van der Waals surface area (Å²) in [5, 5.41) is 13.9. The summed E-state index contributed by atoms with van der Waals surface area (Å²) in [6.45, 7) is 0. The Morgan fingerprint density at radius 1 is 0.788 bits per heavy atom. The number of rotatable bonds is 8. The average molecular weight is 496 g/mol. The quantitative estimate of drug-likeness (QED) is 0.216. The predicted molar refractivity (Wildman–Crippen MR) is 115 cm³/mol. The molecule has 1 atom stereocenters. The number of carbonyl (C=O) groups excluding carboxylic acids is 2. The molecule has 13 heteroatoms. The third-order valence-corrected chi connectivity index (χ3v) is 6.11. The van der Waals surface area contributed by atoms with E-state index >= 15 is 0 Å². The molecule has 2 rings (SSSR count). The van der Waals surface area contributed by atoms with Gasteiger partial charge < -0.3 is 25.8 Å². The minimum atomic E-state index is -4.84. The van der Waals surface area contributed by atoms with Gasteiger partial charge in [-0.2, -0.15) is 8.42 Å². The Balaban J connectivity index is 0.000000685. The normalized spacial score (nSPS) is 18.2. The molecule has 0 bridgehead atoms. The van der Waals surface area contributed by atoms with Gasteiger partial charge in [0.1, 0.15) is 12.2 Å². The van der Waals surface area contributed by atoms with Crippen molar-refractivity contribution in [2.75, 3.05) is 0 Å². The van der Waals surface area contributed by atoms with Crippen molar-refractivity contribution in [1.29, 1.82) is 0 Å². The maximum absolute atomic E-state index is 11.6. The van der Waals surface area contributed by atoms with Crippen molar-refractivity contribution in [3.63, 3.8) is 0 Å². The molecule has 0 spiro atoms. The van der Waals surface area contributed by atoms with Crippen LogP contribution in [-0.2, 0) is 38.8 Å². The summed E-state index contributed by atoms with van der Waals surface area (Å²) in [4.78, 5) is 43.2. The smallest absolute Gasteiger partial charge is 0.331 e. The van der Waals surface area contributed by atoms with Gasteiger partial charge >= 0.3 is 23.9 Å². The minimum Gasteiger partial charge on any atom is -0.481 e. The van der Waals surface area contributed by atoms with Crippen molar-refractivity contribution in [2.45, 2.75) is 88.1 Å². The second kappa shape index (κ2) is 15.3. The molecule has 0 aromatic rings. The average Bonchev–Trinajstić information content (AvgIpc) is 2.71. The Morgan fingerprint density at radius 2 is 1.15 bits per heavy atom. The third-order valence-electron chi connectivity index (χ3n) is 5.02. The lowest BCUT2D eigenvalue weighted by molar-refractivity contribution is -0.147.